The van der Waals surface area contributed by atoms with E-state index in [4.69, 9.17) is 0 Å². The highest BCUT2D eigenvalue weighted by molar-refractivity contribution is 6.07. The molecule has 1 aliphatic rings. The number of hydrogen-bond donors (Lipinski definition) is 3. The number of aryl methyl sites for hydroxylation is 1. The molecular weight excluding hydrogens is 385 g/mol. The quantitative estimate of drug-likeness (QED) is 0.450. The third-order valence-electron chi connectivity index (χ3n) is 5.33. The van der Waals surface area contributed by atoms with Gasteiger partial charge in [-0.15, -0.1) is 11.8 Å². The second kappa shape index (κ2) is 7.56. The standard InChI is InChI=1S/C23H20FN3O3/c1-2-3-4-5-15-6-11-19-16(12-15)13-27(20(19)28)14-23(21(29)25-22(30)26-23)17-7-9-18(24)10-8-17/h6-13,28H,4-5,14H2,1H3,(H2,25,26,29,30). The first-order chi connectivity index (χ1) is 14.4. The summed E-state index contributed by atoms with van der Waals surface area (Å²) >= 11 is 0. The van der Waals surface area contributed by atoms with Crippen molar-refractivity contribution in [1.29, 1.82) is 0 Å². The number of nitrogens with one attached hydrogen (secondary N) is 2. The van der Waals surface area contributed by atoms with Crippen LogP contribution in [0.1, 0.15) is 24.5 Å². The van der Waals surface area contributed by atoms with Crippen molar-refractivity contribution in [3.05, 3.63) is 65.6 Å². The molecule has 0 saturated carbocycles. The number of hydrogen-bond acceptors (Lipinski definition) is 3. The second-order valence-electron chi connectivity index (χ2n) is 7.25. The molecule has 0 bridgehead atoms. The van der Waals surface area contributed by atoms with Gasteiger partial charge in [-0.3, -0.25) is 10.1 Å². The predicted molar refractivity (Wildman–Crippen MR) is 110 cm³/mol. The first-order valence-electron chi connectivity index (χ1n) is 9.53. The van der Waals surface area contributed by atoms with E-state index in [0.717, 1.165) is 23.8 Å². The molecule has 30 heavy (non-hydrogen) atoms. The summed E-state index contributed by atoms with van der Waals surface area (Å²) in [4.78, 5) is 24.7. The van der Waals surface area contributed by atoms with Crippen LogP contribution in [0.4, 0.5) is 9.18 Å². The fourth-order valence-corrected chi connectivity index (χ4v) is 3.80. The molecule has 0 spiro atoms. The van der Waals surface area contributed by atoms with Crippen LogP contribution >= 0.6 is 0 Å². The summed E-state index contributed by atoms with van der Waals surface area (Å²) in [6.07, 6.45) is 3.28. The van der Waals surface area contributed by atoms with E-state index in [1.54, 1.807) is 13.1 Å². The lowest BCUT2D eigenvalue weighted by Crippen LogP contribution is -2.47. The molecule has 7 heteroatoms. The maximum atomic E-state index is 13.4. The summed E-state index contributed by atoms with van der Waals surface area (Å²) < 4.78 is 14.9. The molecule has 1 saturated heterocycles. The Morgan fingerprint density at radius 2 is 1.93 bits per heavy atom. The zero-order valence-corrected chi connectivity index (χ0v) is 16.3. The van der Waals surface area contributed by atoms with Gasteiger partial charge in [0.1, 0.15) is 5.82 Å². The van der Waals surface area contributed by atoms with Crippen LogP contribution in [-0.2, 0) is 23.3 Å². The molecule has 152 valence electrons. The van der Waals surface area contributed by atoms with Gasteiger partial charge >= 0.3 is 6.03 Å². The van der Waals surface area contributed by atoms with Crippen LogP contribution in [0.2, 0.25) is 0 Å². The number of imide groups is 1. The normalized spacial score (nSPS) is 18.1. The summed E-state index contributed by atoms with van der Waals surface area (Å²) in [5.74, 6) is 4.88. The lowest BCUT2D eigenvalue weighted by Gasteiger charge is -2.27. The maximum absolute atomic E-state index is 13.4. The van der Waals surface area contributed by atoms with Crippen LogP contribution < -0.4 is 10.6 Å². The minimum Gasteiger partial charge on any atom is -0.494 e. The van der Waals surface area contributed by atoms with Gasteiger partial charge in [-0.05, 0) is 48.7 Å². The van der Waals surface area contributed by atoms with Crippen molar-refractivity contribution in [1.82, 2.24) is 15.2 Å². The van der Waals surface area contributed by atoms with E-state index in [1.165, 1.54) is 28.8 Å². The van der Waals surface area contributed by atoms with Gasteiger partial charge in [0.15, 0.2) is 11.4 Å². The van der Waals surface area contributed by atoms with Crippen molar-refractivity contribution in [2.45, 2.75) is 31.8 Å². The molecule has 1 atom stereocenters. The van der Waals surface area contributed by atoms with Gasteiger partial charge in [-0.2, -0.15) is 0 Å². The Kier molecular flexibility index (Phi) is 4.92. The highest BCUT2D eigenvalue weighted by Gasteiger charge is 2.48. The number of amides is 3. The Bertz CT molecular complexity index is 1200. The Labute approximate surface area is 172 Å². The number of rotatable bonds is 5. The molecule has 1 aliphatic heterocycles. The van der Waals surface area contributed by atoms with Crippen LogP contribution in [0.25, 0.3) is 10.8 Å². The number of fused-ring (bicyclic) bond motifs is 1. The number of aromatic nitrogens is 1. The van der Waals surface area contributed by atoms with E-state index < -0.39 is 23.3 Å². The van der Waals surface area contributed by atoms with Gasteiger partial charge < -0.3 is 15.0 Å². The Morgan fingerprint density at radius 1 is 1.17 bits per heavy atom. The first-order valence-corrected chi connectivity index (χ1v) is 9.53. The minimum absolute atomic E-state index is 0.0136. The number of carbonyl (C=O) groups excluding carboxylic acids is 2. The summed E-state index contributed by atoms with van der Waals surface area (Å²) in [5, 5.41) is 17.1. The van der Waals surface area contributed by atoms with Gasteiger partial charge in [-0.1, -0.05) is 18.2 Å². The van der Waals surface area contributed by atoms with Crippen molar-refractivity contribution in [3.8, 4) is 17.7 Å². The third kappa shape index (κ3) is 3.37. The molecule has 6 nitrogen and oxygen atoms in total. The molecule has 1 fully saturated rings. The highest BCUT2D eigenvalue weighted by atomic mass is 19.1. The summed E-state index contributed by atoms with van der Waals surface area (Å²) in [7, 11) is 0. The first kappa shape index (κ1) is 19.5. The Hall–Kier alpha value is -3.79. The minimum atomic E-state index is -1.46. The SMILES string of the molecule is CC#CCCc1ccc2c(O)n(CC3(c4ccc(F)cc4)NC(=O)NC3=O)cc2c1. The average Bonchev–Trinajstić information content (AvgIpc) is 3.18. The monoisotopic (exact) mass is 405 g/mol. The summed E-state index contributed by atoms with van der Waals surface area (Å²) in [6, 6.07) is 10.5. The summed E-state index contributed by atoms with van der Waals surface area (Å²) in [6.45, 7) is 1.75. The molecular formula is C23H20FN3O3. The second-order valence-corrected chi connectivity index (χ2v) is 7.25. The van der Waals surface area contributed by atoms with Gasteiger partial charge in [0.2, 0.25) is 0 Å². The smallest absolute Gasteiger partial charge is 0.322 e. The van der Waals surface area contributed by atoms with Gasteiger partial charge in [0.05, 0.1) is 6.54 Å². The van der Waals surface area contributed by atoms with E-state index in [-0.39, 0.29) is 12.4 Å². The van der Waals surface area contributed by atoms with Crippen molar-refractivity contribution < 1.29 is 19.1 Å². The lowest BCUT2D eigenvalue weighted by atomic mass is 9.89. The number of nitrogens with zero attached hydrogens (tertiary/aromatic N) is 1. The van der Waals surface area contributed by atoms with Crippen molar-refractivity contribution >= 4 is 22.7 Å². The van der Waals surface area contributed by atoms with Crippen LogP contribution in [0, 0.1) is 17.7 Å². The predicted octanol–water partition coefficient (Wildman–Crippen LogP) is 3.18. The van der Waals surface area contributed by atoms with Crippen LogP contribution in [0.5, 0.6) is 5.88 Å². The molecule has 3 aromatic rings. The number of urea groups is 1. The van der Waals surface area contributed by atoms with Gasteiger partial charge in [0, 0.05) is 23.4 Å². The molecule has 1 aromatic heterocycles. The maximum Gasteiger partial charge on any atom is 0.322 e. The van der Waals surface area contributed by atoms with Crippen molar-refractivity contribution in [2.24, 2.45) is 0 Å². The van der Waals surface area contributed by atoms with Crippen LogP contribution in [0.15, 0.2) is 48.7 Å². The van der Waals surface area contributed by atoms with E-state index in [2.05, 4.69) is 22.5 Å². The lowest BCUT2D eigenvalue weighted by molar-refractivity contribution is -0.124. The molecule has 3 amide bonds. The van der Waals surface area contributed by atoms with Crippen LogP contribution in [0.3, 0.4) is 0 Å². The Balaban J connectivity index is 1.73. The Morgan fingerprint density at radius 3 is 2.60 bits per heavy atom. The zero-order chi connectivity index (χ0) is 21.3. The van der Waals surface area contributed by atoms with E-state index in [0.29, 0.717) is 10.9 Å². The highest BCUT2D eigenvalue weighted by Crippen LogP contribution is 2.33. The van der Waals surface area contributed by atoms with Crippen molar-refractivity contribution in [3.63, 3.8) is 0 Å². The van der Waals surface area contributed by atoms with E-state index >= 15 is 0 Å². The number of carbonyl (C=O) groups is 2. The van der Waals surface area contributed by atoms with Gasteiger partial charge in [0.25, 0.3) is 5.91 Å². The zero-order valence-electron chi connectivity index (χ0n) is 16.3. The van der Waals surface area contributed by atoms with Gasteiger partial charge in [-0.25, -0.2) is 9.18 Å². The van der Waals surface area contributed by atoms with Crippen molar-refractivity contribution in [2.75, 3.05) is 0 Å². The third-order valence-corrected chi connectivity index (χ3v) is 5.33. The van der Waals surface area contributed by atoms with E-state index in [1.807, 2.05) is 18.2 Å². The average molecular weight is 405 g/mol. The fraction of sp³-hybridized carbons (Fsp3) is 0.217. The number of aromatic hydroxyl groups is 1. The molecule has 4 rings (SSSR count). The summed E-state index contributed by atoms with van der Waals surface area (Å²) in [5.41, 5.74) is 0.0439. The topological polar surface area (TPSA) is 83.4 Å². The number of benzene rings is 2. The van der Waals surface area contributed by atoms with Crippen LogP contribution in [-0.4, -0.2) is 21.6 Å². The molecule has 3 N–H and O–H groups in total. The van der Waals surface area contributed by atoms with E-state index in [9.17, 15) is 19.1 Å². The fourth-order valence-electron chi connectivity index (χ4n) is 3.80. The largest absolute Gasteiger partial charge is 0.494 e. The molecule has 1 unspecified atom stereocenters. The molecule has 2 heterocycles. The molecule has 0 radical (unpaired) electrons. The molecule has 2 aromatic carbocycles. The number of halogens is 1. The molecule has 0 aliphatic carbocycles.